The van der Waals surface area contributed by atoms with Gasteiger partial charge in [0.05, 0.1) is 0 Å². The van der Waals surface area contributed by atoms with E-state index in [1.807, 2.05) is 11.9 Å². The molecule has 2 heteroatoms. The smallest absolute Gasteiger partial charge is 0.225 e. The highest BCUT2D eigenvalue weighted by Gasteiger charge is 2.43. The topological polar surface area (TPSA) is 20.3 Å². The minimum Gasteiger partial charge on any atom is -0.345 e. The predicted octanol–water partition coefficient (Wildman–Crippen LogP) is 3.81. The molecule has 1 fully saturated rings. The Labute approximate surface area is 113 Å². The molecule has 0 aliphatic carbocycles. The first kappa shape index (κ1) is 15.5. The van der Waals surface area contributed by atoms with E-state index in [-0.39, 0.29) is 16.7 Å². The summed E-state index contributed by atoms with van der Waals surface area (Å²) in [7, 11) is 1.96. The maximum Gasteiger partial charge on any atom is 0.225 e. The maximum absolute atomic E-state index is 12.2. The van der Waals surface area contributed by atoms with Gasteiger partial charge in [0.1, 0.15) is 0 Å². The molecule has 1 rings (SSSR count). The van der Waals surface area contributed by atoms with Crippen molar-refractivity contribution in [1.82, 2.24) is 4.90 Å². The molecule has 2 nitrogen and oxygen atoms in total. The van der Waals surface area contributed by atoms with Gasteiger partial charge in [0.15, 0.2) is 0 Å². The number of nitrogens with zero attached hydrogens (tertiary/aromatic N) is 1. The van der Waals surface area contributed by atoms with E-state index in [1.54, 1.807) is 0 Å². The van der Waals surface area contributed by atoms with Crippen molar-refractivity contribution in [2.24, 2.45) is 28.6 Å². The fourth-order valence-corrected chi connectivity index (χ4v) is 3.37. The van der Waals surface area contributed by atoms with E-state index in [1.165, 1.54) is 0 Å². The normalized spacial score (nSPS) is 31.4. The molecule has 1 aliphatic rings. The molecule has 0 aromatic rings. The van der Waals surface area contributed by atoms with Gasteiger partial charge >= 0.3 is 0 Å². The Bertz CT molecular complexity index is 278. The van der Waals surface area contributed by atoms with Gasteiger partial charge in [-0.1, -0.05) is 48.5 Å². The van der Waals surface area contributed by atoms with Crippen LogP contribution >= 0.6 is 0 Å². The van der Waals surface area contributed by atoms with E-state index in [4.69, 9.17) is 0 Å². The Morgan fingerprint density at radius 3 is 1.83 bits per heavy atom. The standard InChI is InChI=1S/C16H31NO/c1-11-9-12(15(2,3)4)13(16(5,6)7)10-17(8)14(11)18/h11-13H,9-10H2,1-8H3. The van der Waals surface area contributed by atoms with Gasteiger partial charge in [-0.3, -0.25) is 4.79 Å². The Hall–Kier alpha value is -0.530. The molecular formula is C16H31NO. The number of hydrogen-bond acceptors (Lipinski definition) is 1. The summed E-state index contributed by atoms with van der Waals surface area (Å²) in [5.74, 6) is 1.64. The van der Waals surface area contributed by atoms with E-state index in [9.17, 15) is 4.79 Å². The molecule has 0 radical (unpaired) electrons. The van der Waals surface area contributed by atoms with Crippen molar-refractivity contribution in [3.8, 4) is 0 Å². The van der Waals surface area contributed by atoms with Crippen LogP contribution in [0.2, 0.25) is 0 Å². The summed E-state index contributed by atoms with van der Waals surface area (Å²) in [4.78, 5) is 14.2. The first-order valence-corrected chi connectivity index (χ1v) is 7.19. The third-order valence-corrected chi connectivity index (χ3v) is 4.59. The van der Waals surface area contributed by atoms with Gasteiger partial charge in [-0.15, -0.1) is 0 Å². The lowest BCUT2D eigenvalue weighted by atomic mass is 9.62. The molecular weight excluding hydrogens is 222 g/mol. The largest absolute Gasteiger partial charge is 0.345 e. The average molecular weight is 253 g/mol. The zero-order valence-electron chi connectivity index (χ0n) is 13.5. The molecule has 0 spiro atoms. The van der Waals surface area contributed by atoms with Crippen LogP contribution in [0.1, 0.15) is 54.9 Å². The van der Waals surface area contributed by atoms with E-state index in [0.717, 1.165) is 13.0 Å². The third kappa shape index (κ3) is 3.27. The molecule has 0 aromatic heterocycles. The van der Waals surface area contributed by atoms with E-state index in [2.05, 4.69) is 48.5 Å². The maximum atomic E-state index is 12.2. The molecule has 106 valence electrons. The Morgan fingerprint density at radius 1 is 1.00 bits per heavy atom. The summed E-state index contributed by atoms with van der Waals surface area (Å²) in [5.41, 5.74) is 0.508. The molecule has 1 aliphatic heterocycles. The second kappa shape index (κ2) is 4.86. The molecule has 3 unspecified atom stereocenters. The fourth-order valence-electron chi connectivity index (χ4n) is 3.37. The van der Waals surface area contributed by atoms with Gasteiger partial charge in [0, 0.05) is 19.5 Å². The summed E-state index contributed by atoms with van der Waals surface area (Å²) in [6, 6.07) is 0. The molecule has 0 bridgehead atoms. The van der Waals surface area contributed by atoms with Crippen LogP contribution in [-0.2, 0) is 4.79 Å². The van der Waals surface area contributed by atoms with Crippen molar-refractivity contribution in [2.75, 3.05) is 13.6 Å². The highest BCUT2D eigenvalue weighted by Crippen LogP contribution is 2.46. The molecule has 0 aromatic carbocycles. The zero-order valence-corrected chi connectivity index (χ0v) is 13.5. The predicted molar refractivity (Wildman–Crippen MR) is 77.3 cm³/mol. The van der Waals surface area contributed by atoms with Gasteiger partial charge in [-0.25, -0.2) is 0 Å². The summed E-state index contributed by atoms with van der Waals surface area (Å²) in [6.45, 7) is 16.9. The van der Waals surface area contributed by atoms with Crippen LogP contribution in [0.4, 0.5) is 0 Å². The molecule has 3 atom stereocenters. The fraction of sp³-hybridized carbons (Fsp3) is 0.938. The van der Waals surface area contributed by atoms with Crippen LogP contribution in [0.15, 0.2) is 0 Å². The van der Waals surface area contributed by atoms with Gasteiger partial charge < -0.3 is 4.90 Å². The zero-order chi connectivity index (χ0) is 14.3. The van der Waals surface area contributed by atoms with Crippen molar-refractivity contribution in [3.63, 3.8) is 0 Å². The van der Waals surface area contributed by atoms with Crippen LogP contribution in [0.5, 0.6) is 0 Å². The van der Waals surface area contributed by atoms with E-state index >= 15 is 0 Å². The Balaban J connectivity index is 3.13. The second-order valence-corrected chi connectivity index (χ2v) is 8.30. The molecule has 0 N–H and O–H groups in total. The number of likely N-dealkylation sites (tertiary alicyclic amines) is 1. The first-order chi connectivity index (χ1) is 7.94. The minimum atomic E-state index is 0.159. The Morgan fingerprint density at radius 2 is 1.44 bits per heavy atom. The van der Waals surface area contributed by atoms with Gasteiger partial charge in [0.2, 0.25) is 5.91 Å². The van der Waals surface area contributed by atoms with Crippen LogP contribution in [0, 0.1) is 28.6 Å². The van der Waals surface area contributed by atoms with Gasteiger partial charge in [-0.2, -0.15) is 0 Å². The van der Waals surface area contributed by atoms with Crippen molar-refractivity contribution >= 4 is 5.91 Å². The summed E-state index contributed by atoms with van der Waals surface area (Å²) < 4.78 is 0. The lowest BCUT2D eigenvalue weighted by Crippen LogP contribution is -2.41. The molecule has 1 amide bonds. The highest BCUT2D eigenvalue weighted by molar-refractivity contribution is 5.78. The van der Waals surface area contributed by atoms with Crippen molar-refractivity contribution in [3.05, 3.63) is 0 Å². The number of carbonyl (C=O) groups is 1. The Kier molecular flexibility index (Phi) is 4.19. The summed E-state index contributed by atoms with van der Waals surface area (Å²) >= 11 is 0. The highest BCUT2D eigenvalue weighted by atomic mass is 16.2. The average Bonchev–Trinajstić information content (AvgIpc) is 2.27. The summed E-state index contributed by atoms with van der Waals surface area (Å²) in [5, 5.41) is 0. The number of carbonyl (C=O) groups excluding carboxylic acids is 1. The molecule has 1 saturated heterocycles. The SMILES string of the molecule is CC1CC(C(C)(C)C)C(C(C)(C)C)CN(C)C1=O. The second-order valence-electron chi connectivity index (χ2n) is 8.30. The number of rotatable bonds is 0. The van der Waals surface area contributed by atoms with E-state index < -0.39 is 0 Å². The van der Waals surface area contributed by atoms with Gasteiger partial charge in [-0.05, 0) is 29.1 Å². The first-order valence-electron chi connectivity index (χ1n) is 7.19. The number of hydrogen-bond donors (Lipinski definition) is 0. The lowest BCUT2D eigenvalue weighted by molar-refractivity contribution is -0.133. The van der Waals surface area contributed by atoms with Crippen molar-refractivity contribution in [2.45, 2.75) is 54.9 Å². The van der Waals surface area contributed by atoms with Crippen LogP contribution < -0.4 is 0 Å². The molecule has 1 heterocycles. The minimum absolute atomic E-state index is 0.159. The van der Waals surface area contributed by atoms with Crippen LogP contribution in [-0.4, -0.2) is 24.4 Å². The van der Waals surface area contributed by atoms with Crippen molar-refractivity contribution in [1.29, 1.82) is 0 Å². The number of amides is 1. The van der Waals surface area contributed by atoms with Crippen LogP contribution in [0.3, 0.4) is 0 Å². The monoisotopic (exact) mass is 253 g/mol. The quantitative estimate of drug-likeness (QED) is 0.643. The molecule has 18 heavy (non-hydrogen) atoms. The third-order valence-electron chi connectivity index (χ3n) is 4.59. The summed E-state index contributed by atoms with van der Waals surface area (Å²) in [6.07, 6.45) is 1.02. The van der Waals surface area contributed by atoms with Crippen LogP contribution in [0.25, 0.3) is 0 Å². The van der Waals surface area contributed by atoms with Gasteiger partial charge in [0.25, 0.3) is 0 Å². The van der Waals surface area contributed by atoms with Crippen molar-refractivity contribution < 1.29 is 4.79 Å². The lowest BCUT2D eigenvalue weighted by Gasteiger charge is -2.43. The molecule has 0 saturated carbocycles. The van der Waals surface area contributed by atoms with E-state index in [0.29, 0.717) is 17.7 Å².